The number of aromatic nitrogens is 3. The van der Waals surface area contributed by atoms with Crippen molar-refractivity contribution in [1.29, 1.82) is 0 Å². The number of fused-ring (bicyclic) bond motifs is 1. The molecule has 0 saturated carbocycles. The smallest absolute Gasteiger partial charge is 0.204 e. The molecule has 0 aliphatic rings. The molecule has 0 aliphatic carbocycles. The summed E-state index contributed by atoms with van der Waals surface area (Å²) >= 11 is 0. The molecule has 0 bridgehead atoms. The highest BCUT2D eigenvalue weighted by Crippen LogP contribution is 2.18. The topological polar surface area (TPSA) is 43.3 Å². The molecule has 0 unspecified atom stereocenters. The first-order valence-corrected chi connectivity index (χ1v) is 4.70. The molecule has 4 nitrogen and oxygen atoms in total. The molecule has 0 spiro atoms. The van der Waals surface area contributed by atoms with E-state index in [9.17, 15) is 0 Å². The molecule has 0 fully saturated rings. The van der Waals surface area contributed by atoms with E-state index in [2.05, 4.69) is 10.2 Å². The van der Waals surface area contributed by atoms with E-state index in [0.29, 0.717) is 0 Å². The number of hydrogen-bond donors (Lipinski definition) is 0. The van der Waals surface area contributed by atoms with E-state index in [1.807, 2.05) is 41.8 Å². The van der Waals surface area contributed by atoms with Crippen molar-refractivity contribution < 1.29 is 4.42 Å². The SMILES string of the molecule is Cc1ccn2c(-c3ccco3)nnc2c1. The molecule has 0 atom stereocenters. The minimum atomic E-state index is 0.728. The van der Waals surface area contributed by atoms with Crippen molar-refractivity contribution in [2.75, 3.05) is 0 Å². The number of furan rings is 1. The van der Waals surface area contributed by atoms with Gasteiger partial charge in [0.25, 0.3) is 0 Å². The van der Waals surface area contributed by atoms with Crippen LogP contribution in [0, 0.1) is 6.92 Å². The Labute approximate surface area is 86.2 Å². The van der Waals surface area contributed by atoms with Gasteiger partial charge in [-0.1, -0.05) is 0 Å². The molecule has 0 radical (unpaired) electrons. The van der Waals surface area contributed by atoms with E-state index >= 15 is 0 Å². The fraction of sp³-hybridized carbons (Fsp3) is 0.0909. The summed E-state index contributed by atoms with van der Waals surface area (Å²) in [7, 11) is 0. The second-order valence-corrected chi connectivity index (χ2v) is 3.43. The van der Waals surface area contributed by atoms with Crippen LogP contribution < -0.4 is 0 Å². The molecular weight excluding hydrogens is 190 g/mol. The van der Waals surface area contributed by atoms with Crippen LogP contribution in [0.2, 0.25) is 0 Å². The summed E-state index contributed by atoms with van der Waals surface area (Å²) in [5.41, 5.74) is 2.00. The first-order chi connectivity index (χ1) is 7.34. The van der Waals surface area contributed by atoms with Crippen LogP contribution in [0.1, 0.15) is 5.56 Å². The molecule has 0 aromatic carbocycles. The third kappa shape index (κ3) is 1.22. The van der Waals surface area contributed by atoms with Gasteiger partial charge in [-0.3, -0.25) is 4.40 Å². The highest BCUT2D eigenvalue weighted by Gasteiger charge is 2.09. The minimum Gasteiger partial charge on any atom is -0.461 e. The van der Waals surface area contributed by atoms with Crippen LogP contribution in [0.3, 0.4) is 0 Å². The average molecular weight is 199 g/mol. The van der Waals surface area contributed by atoms with Crippen molar-refractivity contribution in [2.45, 2.75) is 6.92 Å². The minimum absolute atomic E-state index is 0.728. The van der Waals surface area contributed by atoms with Crippen LogP contribution in [0.25, 0.3) is 17.2 Å². The Morgan fingerprint density at radius 2 is 2.20 bits per heavy atom. The molecule has 0 amide bonds. The van der Waals surface area contributed by atoms with Gasteiger partial charge in [0.2, 0.25) is 5.82 Å². The Hall–Kier alpha value is -2.10. The van der Waals surface area contributed by atoms with Gasteiger partial charge in [-0.05, 0) is 36.8 Å². The molecule has 74 valence electrons. The number of aryl methyl sites for hydroxylation is 1. The second kappa shape index (κ2) is 2.95. The van der Waals surface area contributed by atoms with Crippen molar-refractivity contribution in [1.82, 2.24) is 14.6 Å². The van der Waals surface area contributed by atoms with Gasteiger partial charge in [0.05, 0.1) is 6.26 Å². The fourth-order valence-corrected chi connectivity index (χ4v) is 1.57. The molecule has 15 heavy (non-hydrogen) atoms. The van der Waals surface area contributed by atoms with Gasteiger partial charge in [-0.2, -0.15) is 0 Å². The number of pyridine rings is 1. The third-order valence-electron chi connectivity index (χ3n) is 2.31. The zero-order valence-corrected chi connectivity index (χ0v) is 8.21. The van der Waals surface area contributed by atoms with Gasteiger partial charge in [0, 0.05) is 6.20 Å². The lowest BCUT2D eigenvalue weighted by Crippen LogP contribution is -1.87. The van der Waals surface area contributed by atoms with Crippen LogP contribution >= 0.6 is 0 Å². The Bertz CT molecular complexity index is 595. The zero-order chi connectivity index (χ0) is 10.3. The molecule has 3 aromatic heterocycles. The molecule has 3 aromatic rings. The Balaban J connectivity index is 2.29. The van der Waals surface area contributed by atoms with E-state index in [-0.39, 0.29) is 0 Å². The summed E-state index contributed by atoms with van der Waals surface area (Å²) in [4.78, 5) is 0. The van der Waals surface area contributed by atoms with Gasteiger partial charge in [-0.25, -0.2) is 0 Å². The lowest BCUT2D eigenvalue weighted by molar-refractivity contribution is 0.576. The first kappa shape index (κ1) is 8.23. The molecule has 4 heteroatoms. The molecule has 3 rings (SSSR count). The van der Waals surface area contributed by atoms with E-state index in [0.717, 1.165) is 17.2 Å². The maximum atomic E-state index is 5.29. The van der Waals surface area contributed by atoms with E-state index in [1.54, 1.807) is 6.26 Å². The number of rotatable bonds is 1. The van der Waals surface area contributed by atoms with Gasteiger partial charge in [0.1, 0.15) is 0 Å². The number of hydrogen-bond acceptors (Lipinski definition) is 3. The van der Waals surface area contributed by atoms with Gasteiger partial charge >= 0.3 is 0 Å². The zero-order valence-electron chi connectivity index (χ0n) is 8.21. The lowest BCUT2D eigenvalue weighted by atomic mass is 10.3. The predicted molar refractivity (Wildman–Crippen MR) is 55.4 cm³/mol. The summed E-state index contributed by atoms with van der Waals surface area (Å²) < 4.78 is 7.20. The van der Waals surface area contributed by atoms with Crippen molar-refractivity contribution in [3.63, 3.8) is 0 Å². The number of nitrogens with zero attached hydrogens (tertiary/aromatic N) is 3. The molecular formula is C11H9N3O. The van der Waals surface area contributed by atoms with E-state index in [1.165, 1.54) is 5.56 Å². The highest BCUT2D eigenvalue weighted by molar-refractivity contribution is 5.54. The van der Waals surface area contributed by atoms with Crippen LogP contribution in [0.5, 0.6) is 0 Å². The Morgan fingerprint density at radius 3 is 3.00 bits per heavy atom. The normalized spacial score (nSPS) is 11.0. The maximum Gasteiger partial charge on any atom is 0.204 e. The molecule has 0 aliphatic heterocycles. The van der Waals surface area contributed by atoms with Crippen molar-refractivity contribution in [3.8, 4) is 11.6 Å². The fourth-order valence-electron chi connectivity index (χ4n) is 1.57. The van der Waals surface area contributed by atoms with Crippen LogP contribution in [0.15, 0.2) is 41.1 Å². The van der Waals surface area contributed by atoms with E-state index in [4.69, 9.17) is 4.42 Å². The van der Waals surface area contributed by atoms with Gasteiger partial charge < -0.3 is 4.42 Å². The molecule has 0 saturated heterocycles. The monoisotopic (exact) mass is 199 g/mol. The van der Waals surface area contributed by atoms with Gasteiger partial charge in [-0.15, -0.1) is 10.2 Å². The Morgan fingerprint density at radius 1 is 1.27 bits per heavy atom. The average Bonchev–Trinajstić information content (AvgIpc) is 2.82. The lowest BCUT2D eigenvalue weighted by Gasteiger charge is -1.96. The summed E-state index contributed by atoms with van der Waals surface area (Å²) in [6, 6.07) is 7.71. The van der Waals surface area contributed by atoms with Crippen LogP contribution in [0.4, 0.5) is 0 Å². The van der Waals surface area contributed by atoms with Crippen LogP contribution in [-0.2, 0) is 0 Å². The summed E-state index contributed by atoms with van der Waals surface area (Å²) in [5, 5.41) is 8.19. The maximum absolute atomic E-state index is 5.29. The quantitative estimate of drug-likeness (QED) is 0.604. The first-order valence-electron chi connectivity index (χ1n) is 4.70. The van der Waals surface area contributed by atoms with Crippen molar-refractivity contribution >= 4 is 5.65 Å². The highest BCUT2D eigenvalue weighted by atomic mass is 16.3. The third-order valence-corrected chi connectivity index (χ3v) is 2.31. The molecule has 0 N–H and O–H groups in total. The predicted octanol–water partition coefficient (Wildman–Crippen LogP) is 2.30. The Kier molecular flexibility index (Phi) is 1.62. The summed E-state index contributed by atoms with van der Waals surface area (Å²) in [5.74, 6) is 1.46. The molecule has 3 heterocycles. The van der Waals surface area contributed by atoms with E-state index < -0.39 is 0 Å². The second-order valence-electron chi connectivity index (χ2n) is 3.43. The largest absolute Gasteiger partial charge is 0.461 e. The van der Waals surface area contributed by atoms with Crippen molar-refractivity contribution in [2.24, 2.45) is 0 Å². The van der Waals surface area contributed by atoms with Crippen LogP contribution in [-0.4, -0.2) is 14.6 Å². The summed E-state index contributed by atoms with van der Waals surface area (Å²) in [6.45, 7) is 2.03. The summed E-state index contributed by atoms with van der Waals surface area (Å²) in [6.07, 6.45) is 3.58. The standard InChI is InChI=1S/C11H9N3O/c1-8-4-5-14-10(7-8)12-13-11(14)9-3-2-6-15-9/h2-7H,1H3. The van der Waals surface area contributed by atoms with Gasteiger partial charge in [0.15, 0.2) is 11.4 Å². The van der Waals surface area contributed by atoms with Crippen molar-refractivity contribution in [3.05, 3.63) is 42.3 Å².